The number of para-hydroxylation sites is 1. The number of H-pyrrole nitrogens is 1. The van der Waals surface area contributed by atoms with Gasteiger partial charge in [-0.15, -0.1) is 11.3 Å². The lowest BCUT2D eigenvalue weighted by Crippen LogP contribution is -1.84. The van der Waals surface area contributed by atoms with Gasteiger partial charge in [0.25, 0.3) is 0 Å². The van der Waals surface area contributed by atoms with Crippen molar-refractivity contribution in [2.45, 2.75) is 6.92 Å². The molecule has 22 heavy (non-hydrogen) atoms. The van der Waals surface area contributed by atoms with E-state index < -0.39 is 0 Å². The Morgan fingerprint density at radius 1 is 1.09 bits per heavy atom. The molecular weight excluding hydrogens is 360 g/mol. The Labute approximate surface area is 139 Å². The lowest BCUT2D eigenvalue weighted by Gasteiger charge is -1.97. The summed E-state index contributed by atoms with van der Waals surface area (Å²) in [6.07, 6.45) is 1.83. The van der Waals surface area contributed by atoms with Crippen molar-refractivity contribution in [3.63, 3.8) is 0 Å². The number of nitrogens with zero attached hydrogens (tertiary/aromatic N) is 3. The number of aromatic amines is 1. The predicted molar refractivity (Wildman–Crippen MR) is 92.9 cm³/mol. The van der Waals surface area contributed by atoms with Gasteiger partial charge in [-0.1, -0.05) is 18.2 Å². The highest BCUT2D eigenvalue weighted by Gasteiger charge is 2.15. The van der Waals surface area contributed by atoms with Gasteiger partial charge in [0.15, 0.2) is 0 Å². The van der Waals surface area contributed by atoms with Crippen molar-refractivity contribution in [1.29, 1.82) is 0 Å². The Kier molecular flexibility index (Phi) is 3.28. The van der Waals surface area contributed by atoms with Gasteiger partial charge in [-0.25, -0.2) is 9.97 Å². The van der Waals surface area contributed by atoms with Crippen molar-refractivity contribution in [3.05, 3.63) is 52.1 Å². The number of halogens is 1. The summed E-state index contributed by atoms with van der Waals surface area (Å²) in [6.45, 7) is 2.08. The Balaban J connectivity index is 1.84. The van der Waals surface area contributed by atoms with E-state index in [-0.39, 0.29) is 0 Å². The first-order valence-corrected chi connectivity index (χ1v) is 8.36. The molecule has 3 heterocycles. The standard InChI is InChI=1S/C16H11BrN4S/c1-9-14(10-6-7-13(17)18-8-10)19-16(22-9)15-11-4-2-3-5-12(11)20-21-15/h2-8H,1H3,(H,20,21). The molecule has 1 aromatic carbocycles. The van der Waals surface area contributed by atoms with Crippen LogP contribution in [0.25, 0.3) is 32.9 Å². The smallest absolute Gasteiger partial charge is 0.145 e. The monoisotopic (exact) mass is 370 g/mol. The fourth-order valence-electron chi connectivity index (χ4n) is 2.41. The van der Waals surface area contributed by atoms with E-state index in [1.54, 1.807) is 11.3 Å². The molecule has 1 N–H and O–H groups in total. The molecule has 4 aromatic rings. The van der Waals surface area contributed by atoms with Crippen LogP contribution in [0.15, 0.2) is 47.2 Å². The first kappa shape index (κ1) is 13.6. The molecule has 6 heteroatoms. The van der Waals surface area contributed by atoms with Crippen LogP contribution in [0.3, 0.4) is 0 Å². The number of fused-ring (bicyclic) bond motifs is 1. The number of hydrogen-bond donors (Lipinski definition) is 1. The average Bonchev–Trinajstić information content (AvgIpc) is 3.11. The number of aryl methyl sites for hydroxylation is 1. The molecule has 0 spiro atoms. The lowest BCUT2D eigenvalue weighted by atomic mass is 10.2. The zero-order valence-electron chi connectivity index (χ0n) is 11.7. The van der Waals surface area contributed by atoms with E-state index in [4.69, 9.17) is 4.98 Å². The molecule has 4 nitrogen and oxygen atoms in total. The molecule has 0 atom stereocenters. The van der Waals surface area contributed by atoms with Gasteiger partial charge in [0.05, 0.1) is 11.2 Å². The van der Waals surface area contributed by atoms with Crippen LogP contribution in [0.4, 0.5) is 0 Å². The third kappa shape index (κ3) is 2.24. The third-order valence-corrected chi connectivity index (χ3v) is 4.92. The fourth-order valence-corrected chi connectivity index (χ4v) is 3.58. The second kappa shape index (κ2) is 5.30. The van der Waals surface area contributed by atoms with Gasteiger partial charge in [-0.05, 0) is 41.1 Å². The van der Waals surface area contributed by atoms with Crippen LogP contribution in [0.2, 0.25) is 0 Å². The molecular formula is C16H11BrN4S. The Hall–Kier alpha value is -2.05. The van der Waals surface area contributed by atoms with E-state index in [1.165, 1.54) is 0 Å². The van der Waals surface area contributed by atoms with Crippen LogP contribution in [0, 0.1) is 6.92 Å². The zero-order chi connectivity index (χ0) is 15.1. The summed E-state index contributed by atoms with van der Waals surface area (Å²) < 4.78 is 0.822. The summed E-state index contributed by atoms with van der Waals surface area (Å²) in [5.74, 6) is 0. The van der Waals surface area contributed by atoms with Crippen molar-refractivity contribution in [3.8, 4) is 22.0 Å². The number of hydrogen-bond acceptors (Lipinski definition) is 4. The van der Waals surface area contributed by atoms with Crippen molar-refractivity contribution >= 4 is 38.2 Å². The first-order valence-electron chi connectivity index (χ1n) is 6.75. The summed E-state index contributed by atoms with van der Waals surface area (Å²) in [6, 6.07) is 12.0. The Bertz CT molecular complexity index is 956. The van der Waals surface area contributed by atoms with Crippen LogP contribution >= 0.6 is 27.3 Å². The Morgan fingerprint density at radius 3 is 2.77 bits per heavy atom. The van der Waals surface area contributed by atoms with Crippen LogP contribution in [-0.4, -0.2) is 20.2 Å². The highest BCUT2D eigenvalue weighted by molar-refractivity contribution is 9.10. The summed E-state index contributed by atoms with van der Waals surface area (Å²) in [5, 5.41) is 9.51. The van der Waals surface area contributed by atoms with Gasteiger partial charge in [0, 0.05) is 22.0 Å². The quantitative estimate of drug-likeness (QED) is 0.514. The predicted octanol–water partition coefficient (Wildman–Crippen LogP) is 4.82. The number of thiazole rings is 1. The maximum absolute atomic E-state index is 4.78. The molecule has 0 radical (unpaired) electrons. The van der Waals surface area contributed by atoms with Crippen LogP contribution < -0.4 is 0 Å². The highest BCUT2D eigenvalue weighted by atomic mass is 79.9. The molecule has 3 aromatic heterocycles. The molecule has 0 unspecified atom stereocenters. The summed E-state index contributed by atoms with van der Waals surface area (Å²) in [7, 11) is 0. The number of aromatic nitrogens is 4. The molecule has 0 aliphatic heterocycles. The maximum atomic E-state index is 4.78. The van der Waals surface area contributed by atoms with Gasteiger partial charge in [0.2, 0.25) is 0 Å². The van der Waals surface area contributed by atoms with Crippen LogP contribution in [0.5, 0.6) is 0 Å². The number of pyridine rings is 1. The van der Waals surface area contributed by atoms with Gasteiger partial charge in [0.1, 0.15) is 15.3 Å². The summed E-state index contributed by atoms with van der Waals surface area (Å²) in [5.41, 5.74) is 3.91. The van der Waals surface area contributed by atoms with E-state index in [9.17, 15) is 0 Å². The van der Waals surface area contributed by atoms with Crippen molar-refractivity contribution in [2.24, 2.45) is 0 Å². The molecule has 0 saturated carbocycles. The second-order valence-corrected chi connectivity index (χ2v) is 6.93. The Morgan fingerprint density at radius 2 is 1.95 bits per heavy atom. The second-order valence-electron chi connectivity index (χ2n) is 4.91. The number of rotatable bonds is 2. The van der Waals surface area contributed by atoms with Crippen molar-refractivity contribution < 1.29 is 0 Å². The minimum Gasteiger partial charge on any atom is -0.277 e. The molecule has 0 bridgehead atoms. The molecule has 0 aliphatic carbocycles. The first-order chi connectivity index (χ1) is 10.7. The minimum absolute atomic E-state index is 0.822. The molecule has 0 fully saturated rings. The van der Waals surface area contributed by atoms with Gasteiger partial charge < -0.3 is 0 Å². The van der Waals surface area contributed by atoms with Crippen LogP contribution in [0.1, 0.15) is 4.88 Å². The molecule has 108 valence electrons. The number of benzene rings is 1. The topological polar surface area (TPSA) is 54.5 Å². The third-order valence-electron chi connectivity index (χ3n) is 3.47. The highest BCUT2D eigenvalue weighted by Crippen LogP contribution is 2.35. The normalized spacial score (nSPS) is 11.2. The molecule has 0 saturated heterocycles. The number of nitrogens with one attached hydrogen (secondary N) is 1. The van der Waals surface area contributed by atoms with Crippen LogP contribution in [-0.2, 0) is 0 Å². The van der Waals surface area contributed by atoms with E-state index >= 15 is 0 Å². The van der Waals surface area contributed by atoms with E-state index in [0.717, 1.165) is 42.3 Å². The van der Waals surface area contributed by atoms with Crippen molar-refractivity contribution in [1.82, 2.24) is 20.2 Å². The lowest BCUT2D eigenvalue weighted by molar-refractivity contribution is 1.12. The zero-order valence-corrected chi connectivity index (χ0v) is 14.1. The summed E-state index contributed by atoms with van der Waals surface area (Å²) in [4.78, 5) is 10.2. The fraction of sp³-hybridized carbons (Fsp3) is 0.0625. The minimum atomic E-state index is 0.822. The summed E-state index contributed by atoms with van der Waals surface area (Å²) >= 11 is 5.01. The van der Waals surface area contributed by atoms with Crippen molar-refractivity contribution in [2.75, 3.05) is 0 Å². The molecule has 4 rings (SSSR count). The van der Waals surface area contributed by atoms with Gasteiger partial charge >= 0.3 is 0 Å². The maximum Gasteiger partial charge on any atom is 0.145 e. The SMILES string of the molecule is Cc1sc(-c2n[nH]c3ccccc23)nc1-c1ccc(Br)nc1. The van der Waals surface area contributed by atoms with Gasteiger partial charge in [-0.2, -0.15) is 5.10 Å². The van der Waals surface area contributed by atoms with E-state index in [2.05, 4.69) is 44.1 Å². The van der Waals surface area contributed by atoms with Gasteiger partial charge in [-0.3, -0.25) is 5.10 Å². The average molecular weight is 371 g/mol. The van der Waals surface area contributed by atoms with E-state index in [1.807, 2.05) is 36.5 Å². The molecule has 0 amide bonds. The largest absolute Gasteiger partial charge is 0.277 e. The van der Waals surface area contributed by atoms with E-state index in [0.29, 0.717) is 0 Å². The molecule has 0 aliphatic rings.